The topological polar surface area (TPSA) is 31.6 Å². The van der Waals surface area contributed by atoms with Gasteiger partial charge in [0.15, 0.2) is 11.5 Å². The van der Waals surface area contributed by atoms with E-state index >= 15 is 0 Å². The van der Waals surface area contributed by atoms with Gasteiger partial charge in [0.1, 0.15) is 5.76 Å². The summed E-state index contributed by atoms with van der Waals surface area (Å²) in [6.07, 6.45) is 1.68. The van der Waals surface area contributed by atoms with Gasteiger partial charge in [0.25, 0.3) is 0 Å². The molecular weight excluding hydrogens is 264 g/mol. The van der Waals surface area contributed by atoms with Crippen LogP contribution in [0.25, 0.3) is 22.5 Å². The van der Waals surface area contributed by atoms with Crippen LogP contribution < -0.4 is 9.47 Å². The van der Waals surface area contributed by atoms with Crippen molar-refractivity contribution in [1.82, 2.24) is 0 Å². The minimum absolute atomic E-state index is 0.712. The van der Waals surface area contributed by atoms with Crippen LogP contribution in [0.3, 0.4) is 0 Å². The minimum atomic E-state index is 0.712. The van der Waals surface area contributed by atoms with Gasteiger partial charge in [-0.25, -0.2) is 0 Å². The standard InChI is InChI=1S/C18H16O3/c1-19-17-10-9-13(12-18(17)20-2)14-6-3-4-7-15(14)16-8-5-11-21-16/h3-12H,1-2H3. The van der Waals surface area contributed by atoms with E-state index < -0.39 is 0 Å². The fourth-order valence-corrected chi connectivity index (χ4v) is 2.39. The van der Waals surface area contributed by atoms with E-state index in [2.05, 4.69) is 6.07 Å². The highest BCUT2D eigenvalue weighted by Gasteiger charge is 2.11. The van der Waals surface area contributed by atoms with Crippen LogP contribution in [0.1, 0.15) is 0 Å². The van der Waals surface area contributed by atoms with Crippen molar-refractivity contribution in [2.24, 2.45) is 0 Å². The van der Waals surface area contributed by atoms with Crippen molar-refractivity contribution in [2.75, 3.05) is 14.2 Å². The van der Waals surface area contributed by atoms with Gasteiger partial charge in [0.2, 0.25) is 0 Å². The lowest BCUT2D eigenvalue weighted by Gasteiger charge is -2.12. The van der Waals surface area contributed by atoms with E-state index in [-0.39, 0.29) is 0 Å². The molecule has 0 radical (unpaired) electrons. The molecule has 0 N–H and O–H groups in total. The van der Waals surface area contributed by atoms with E-state index in [4.69, 9.17) is 13.9 Å². The molecule has 0 aliphatic heterocycles. The third-order valence-electron chi connectivity index (χ3n) is 3.41. The normalized spacial score (nSPS) is 10.4. The van der Waals surface area contributed by atoms with Crippen LogP contribution in [-0.4, -0.2) is 14.2 Å². The van der Waals surface area contributed by atoms with Gasteiger partial charge in [-0.1, -0.05) is 30.3 Å². The molecule has 0 unspecified atom stereocenters. The number of benzene rings is 2. The van der Waals surface area contributed by atoms with E-state index in [1.54, 1.807) is 20.5 Å². The van der Waals surface area contributed by atoms with Crippen LogP contribution in [0.4, 0.5) is 0 Å². The Morgan fingerprint density at radius 1 is 0.762 bits per heavy atom. The average molecular weight is 280 g/mol. The summed E-state index contributed by atoms with van der Waals surface area (Å²) in [5.74, 6) is 2.28. The molecule has 3 nitrogen and oxygen atoms in total. The molecule has 0 aliphatic rings. The Morgan fingerprint density at radius 2 is 1.52 bits per heavy atom. The average Bonchev–Trinajstić information content (AvgIpc) is 3.08. The van der Waals surface area contributed by atoms with E-state index in [0.717, 1.165) is 28.2 Å². The van der Waals surface area contributed by atoms with Gasteiger partial charge in [0, 0.05) is 5.56 Å². The summed E-state index contributed by atoms with van der Waals surface area (Å²) in [6.45, 7) is 0. The zero-order valence-electron chi connectivity index (χ0n) is 12.0. The van der Waals surface area contributed by atoms with E-state index in [1.807, 2.05) is 48.5 Å². The first-order valence-corrected chi connectivity index (χ1v) is 6.69. The highest BCUT2D eigenvalue weighted by Crippen LogP contribution is 2.36. The lowest BCUT2D eigenvalue weighted by molar-refractivity contribution is 0.355. The maximum atomic E-state index is 5.53. The van der Waals surface area contributed by atoms with Crippen LogP contribution in [0.5, 0.6) is 11.5 Å². The Hall–Kier alpha value is -2.68. The van der Waals surface area contributed by atoms with Gasteiger partial charge < -0.3 is 13.9 Å². The van der Waals surface area contributed by atoms with Crippen LogP contribution >= 0.6 is 0 Å². The Morgan fingerprint density at radius 3 is 2.19 bits per heavy atom. The molecule has 2 aromatic carbocycles. The zero-order chi connectivity index (χ0) is 14.7. The Labute approximate surface area is 123 Å². The van der Waals surface area contributed by atoms with Crippen molar-refractivity contribution >= 4 is 0 Å². The summed E-state index contributed by atoms with van der Waals surface area (Å²) in [6, 6.07) is 17.9. The van der Waals surface area contributed by atoms with Gasteiger partial charge in [-0.05, 0) is 35.4 Å². The van der Waals surface area contributed by atoms with Crippen LogP contribution in [0.15, 0.2) is 65.3 Å². The first-order chi connectivity index (χ1) is 10.3. The second-order valence-corrected chi connectivity index (χ2v) is 4.59. The second-order valence-electron chi connectivity index (χ2n) is 4.59. The predicted molar refractivity (Wildman–Crippen MR) is 82.7 cm³/mol. The maximum absolute atomic E-state index is 5.53. The first kappa shape index (κ1) is 13.3. The third-order valence-corrected chi connectivity index (χ3v) is 3.41. The molecule has 0 spiro atoms. The molecule has 0 atom stereocenters. The first-order valence-electron chi connectivity index (χ1n) is 6.69. The molecule has 0 amide bonds. The molecule has 1 heterocycles. The zero-order valence-corrected chi connectivity index (χ0v) is 12.0. The molecule has 0 saturated carbocycles. The summed E-state index contributed by atoms with van der Waals surface area (Å²) in [5.41, 5.74) is 3.20. The Kier molecular flexibility index (Phi) is 3.65. The fourth-order valence-electron chi connectivity index (χ4n) is 2.39. The predicted octanol–water partition coefficient (Wildman–Crippen LogP) is 4.63. The van der Waals surface area contributed by atoms with Gasteiger partial charge >= 0.3 is 0 Å². The lowest BCUT2D eigenvalue weighted by Crippen LogP contribution is -1.91. The van der Waals surface area contributed by atoms with E-state index in [1.165, 1.54) is 0 Å². The number of furan rings is 1. The lowest BCUT2D eigenvalue weighted by atomic mass is 9.98. The van der Waals surface area contributed by atoms with Gasteiger partial charge in [0.05, 0.1) is 20.5 Å². The monoisotopic (exact) mass is 280 g/mol. The van der Waals surface area contributed by atoms with Gasteiger partial charge in [-0.3, -0.25) is 0 Å². The summed E-state index contributed by atoms with van der Waals surface area (Å²) in [5, 5.41) is 0. The molecular formula is C18H16O3. The molecule has 0 bridgehead atoms. The minimum Gasteiger partial charge on any atom is -0.493 e. The fraction of sp³-hybridized carbons (Fsp3) is 0.111. The molecule has 21 heavy (non-hydrogen) atoms. The van der Waals surface area contributed by atoms with E-state index in [0.29, 0.717) is 5.75 Å². The summed E-state index contributed by atoms with van der Waals surface area (Å²) >= 11 is 0. The van der Waals surface area contributed by atoms with Crippen LogP contribution in [0.2, 0.25) is 0 Å². The Bertz CT molecular complexity index is 730. The number of rotatable bonds is 4. The van der Waals surface area contributed by atoms with Crippen LogP contribution in [0, 0.1) is 0 Å². The quantitative estimate of drug-likeness (QED) is 0.698. The number of hydrogen-bond donors (Lipinski definition) is 0. The SMILES string of the molecule is COc1ccc(-c2ccccc2-c2ccco2)cc1OC. The summed E-state index contributed by atoms with van der Waals surface area (Å²) in [7, 11) is 3.27. The second kappa shape index (κ2) is 5.75. The van der Waals surface area contributed by atoms with Gasteiger partial charge in [-0.15, -0.1) is 0 Å². The molecule has 0 aliphatic carbocycles. The van der Waals surface area contributed by atoms with Crippen molar-refractivity contribution in [1.29, 1.82) is 0 Å². The molecule has 0 saturated heterocycles. The smallest absolute Gasteiger partial charge is 0.161 e. The largest absolute Gasteiger partial charge is 0.493 e. The maximum Gasteiger partial charge on any atom is 0.161 e. The Balaban J connectivity index is 2.13. The number of methoxy groups -OCH3 is 2. The number of ether oxygens (including phenoxy) is 2. The van der Waals surface area contributed by atoms with Crippen LogP contribution in [-0.2, 0) is 0 Å². The third kappa shape index (κ3) is 2.50. The molecule has 0 fully saturated rings. The number of hydrogen-bond acceptors (Lipinski definition) is 3. The molecule has 1 aromatic heterocycles. The summed E-state index contributed by atoms with van der Waals surface area (Å²) in [4.78, 5) is 0. The van der Waals surface area contributed by atoms with Crippen molar-refractivity contribution < 1.29 is 13.9 Å². The summed E-state index contributed by atoms with van der Waals surface area (Å²) < 4.78 is 16.2. The van der Waals surface area contributed by atoms with Gasteiger partial charge in [-0.2, -0.15) is 0 Å². The van der Waals surface area contributed by atoms with Crippen molar-refractivity contribution in [2.45, 2.75) is 0 Å². The molecule has 3 aromatic rings. The van der Waals surface area contributed by atoms with Crippen molar-refractivity contribution in [3.05, 3.63) is 60.9 Å². The highest BCUT2D eigenvalue weighted by molar-refractivity contribution is 5.82. The molecule has 3 rings (SSSR count). The van der Waals surface area contributed by atoms with Crippen molar-refractivity contribution in [3.8, 4) is 33.9 Å². The molecule has 3 heteroatoms. The highest BCUT2D eigenvalue weighted by atomic mass is 16.5. The van der Waals surface area contributed by atoms with E-state index in [9.17, 15) is 0 Å². The van der Waals surface area contributed by atoms with Crippen molar-refractivity contribution in [3.63, 3.8) is 0 Å². The molecule has 106 valence electrons.